The minimum Gasteiger partial charge on any atom is -0.872 e. The highest BCUT2D eigenvalue weighted by Crippen LogP contribution is 2.11. The first kappa shape index (κ1) is 10.0. The molecule has 5 nitrogen and oxygen atoms in total. The molecule has 5 heteroatoms. The highest BCUT2D eigenvalue weighted by Gasteiger charge is 2.06. The van der Waals surface area contributed by atoms with Gasteiger partial charge in [0, 0.05) is 5.56 Å². The first-order valence-corrected chi connectivity index (χ1v) is 3.87. The van der Waals surface area contributed by atoms with Gasteiger partial charge >= 0.3 is 5.97 Å². The molecule has 74 valence electrons. The third-order valence-electron chi connectivity index (χ3n) is 1.53. The predicted octanol–water partition coefficient (Wildman–Crippen LogP) is -0.425. The fourth-order valence-electron chi connectivity index (χ4n) is 0.905. The summed E-state index contributed by atoms with van der Waals surface area (Å²) < 4.78 is 0. The van der Waals surface area contributed by atoms with E-state index >= 15 is 0 Å². The SMILES string of the molecule is O=C(O)CNC(=O)c1ccccc1[O-]. The minimum absolute atomic E-state index is 0.0475. The molecule has 0 aliphatic heterocycles. The van der Waals surface area contributed by atoms with Crippen LogP contribution < -0.4 is 10.4 Å². The zero-order valence-corrected chi connectivity index (χ0v) is 7.19. The van der Waals surface area contributed by atoms with Gasteiger partial charge in [-0.3, -0.25) is 9.59 Å². The van der Waals surface area contributed by atoms with Crippen LogP contribution in [0.3, 0.4) is 0 Å². The van der Waals surface area contributed by atoms with E-state index in [1.165, 1.54) is 24.3 Å². The minimum atomic E-state index is -1.15. The number of hydrogen-bond donors (Lipinski definition) is 2. The Kier molecular flexibility index (Phi) is 3.06. The molecule has 0 spiro atoms. The van der Waals surface area contributed by atoms with Crippen molar-refractivity contribution in [2.75, 3.05) is 6.54 Å². The molecule has 0 aromatic heterocycles. The number of benzene rings is 1. The largest absolute Gasteiger partial charge is 0.872 e. The van der Waals surface area contributed by atoms with Crippen molar-refractivity contribution in [2.24, 2.45) is 0 Å². The summed E-state index contributed by atoms with van der Waals surface area (Å²) in [4.78, 5) is 21.3. The van der Waals surface area contributed by atoms with E-state index in [4.69, 9.17) is 5.11 Å². The quantitative estimate of drug-likeness (QED) is 0.683. The fourth-order valence-corrected chi connectivity index (χ4v) is 0.905. The number of nitrogens with one attached hydrogen (secondary N) is 1. The van der Waals surface area contributed by atoms with E-state index in [0.29, 0.717) is 0 Å². The van der Waals surface area contributed by atoms with Crippen LogP contribution in [-0.2, 0) is 4.79 Å². The Hall–Kier alpha value is -2.04. The molecule has 1 rings (SSSR count). The summed E-state index contributed by atoms with van der Waals surface area (Å²) >= 11 is 0. The maximum absolute atomic E-state index is 11.2. The van der Waals surface area contributed by atoms with Crippen LogP contribution in [0.2, 0.25) is 0 Å². The molecule has 0 aliphatic carbocycles. The molecule has 14 heavy (non-hydrogen) atoms. The molecule has 0 aliphatic rings. The van der Waals surface area contributed by atoms with Crippen LogP contribution in [0.1, 0.15) is 10.4 Å². The van der Waals surface area contributed by atoms with E-state index in [1.54, 1.807) is 0 Å². The van der Waals surface area contributed by atoms with Gasteiger partial charge in [-0.25, -0.2) is 0 Å². The van der Waals surface area contributed by atoms with Crippen LogP contribution in [-0.4, -0.2) is 23.5 Å². The van der Waals surface area contributed by atoms with E-state index in [0.717, 1.165) is 0 Å². The number of hydrogen-bond acceptors (Lipinski definition) is 3. The van der Waals surface area contributed by atoms with Crippen LogP contribution in [0.15, 0.2) is 24.3 Å². The van der Waals surface area contributed by atoms with Gasteiger partial charge in [-0.15, -0.1) is 0 Å². The molecule has 1 amide bonds. The summed E-state index contributed by atoms with van der Waals surface area (Å²) in [6.45, 7) is -0.493. The second-order valence-corrected chi connectivity index (χ2v) is 2.57. The van der Waals surface area contributed by atoms with Gasteiger partial charge in [-0.05, 0) is 0 Å². The summed E-state index contributed by atoms with van der Waals surface area (Å²) in [7, 11) is 0. The second kappa shape index (κ2) is 4.27. The first-order valence-electron chi connectivity index (χ1n) is 3.87. The zero-order chi connectivity index (χ0) is 10.6. The molecule has 0 fully saturated rings. The van der Waals surface area contributed by atoms with Crippen LogP contribution in [0.25, 0.3) is 0 Å². The van der Waals surface area contributed by atoms with Crippen molar-refractivity contribution in [1.82, 2.24) is 5.32 Å². The highest BCUT2D eigenvalue weighted by molar-refractivity contribution is 5.97. The summed E-state index contributed by atoms with van der Waals surface area (Å²) in [5.74, 6) is -2.24. The average molecular weight is 194 g/mol. The monoisotopic (exact) mass is 194 g/mol. The topological polar surface area (TPSA) is 89.5 Å². The number of aliphatic carboxylic acids is 1. The lowest BCUT2D eigenvalue weighted by atomic mass is 10.2. The number of carboxylic acid groups (broad SMARTS) is 1. The Morgan fingerprint density at radius 1 is 1.36 bits per heavy atom. The van der Waals surface area contributed by atoms with Crippen molar-refractivity contribution in [3.8, 4) is 5.75 Å². The van der Waals surface area contributed by atoms with Crippen molar-refractivity contribution in [3.63, 3.8) is 0 Å². The molecule has 0 heterocycles. The molecule has 1 aromatic rings. The van der Waals surface area contributed by atoms with E-state index < -0.39 is 24.2 Å². The molecule has 0 saturated carbocycles. The molecule has 1 aromatic carbocycles. The highest BCUT2D eigenvalue weighted by atomic mass is 16.4. The second-order valence-electron chi connectivity index (χ2n) is 2.57. The van der Waals surface area contributed by atoms with Crippen LogP contribution in [0.4, 0.5) is 0 Å². The van der Waals surface area contributed by atoms with Crippen LogP contribution >= 0.6 is 0 Å². The van der Waals surface area contributed by atoms with Gasteiger partial charge in [0.05, 0.1) is 0 Å². The summed E-state index contributed by atoms with van der Waals surface area (Å²) in [6.07, 6.45) is 0. The number of carbonyl (C=O) groups is 2. The summed E-state index contributed by atoms with van der Waals surface area (Å²) in [5, 5.41) is 21.5. The lowest BCUT2D eigenvalue weighted by Crippen LogP contribution is -2.29. The standard InChI is InChI=1S/C9H9NO4/c11-7-4-2-1-3-6(7)9(14)10-5-8(12)13/h1-4,11H,5H2,(H,10,14)(H,12,13)/p-1. The molecular weight excluding hydrogens is 186 g/mol. The van der Waals surface area contributed by atoms with Crippen molar-refractivity contribution < 1.29 is 19.8 Å². The summed E-state index contributed by atoms with van der Waals surface area (Å²) in [5.41, 5.74) is -0.0475. The number of amides is 1. The Bertz CT molecular complexity index is 362. The maximum atomic E-state index is 11.2. The molecule has 0 radical (unpaired) electrons. The van der Waals surface area contributed by atoms with Crippen LogP contribution in [0, 0.1) is 0 Å². The smallest absolute Gasteiger partial charge is 0.322 e. The average Bonchev–Trinajstić information content (AvgIpc) is 2.15. The Morgan fingerprint density at radius 3 is 2.57 bits per heavy atom. The molecule has 2 N–H and O–H groups in total. The van der Waals surface area contributed by atoms with Gasteiger partial charge in [-0.2, -0.15) is 0 Å². The summed E-state index contributed by atoms with van der Waals surface area (Å²) in [6, 6.07) is 5.64. The van der Waals surface area contributed by atoms with Gasteiger partial charge < -0.3 is 15.5 Å². The van der Waals surface area contributed by atoms with Gasteiger partial charge in [-0.1, -0.05) is 30.0 Å². The molecule has 0 atom stereocenters. The number of rotatable bonds is 3. The van der Waals surface area contributed by atoms with Gasteiger partial charge in [0.1, 0.15) is 6.54 Å². The van der Waals surface area contributed by atoms with Crippen LogP contribution in [0.5, 0.6) is 5.75 Å². The van der Waals surface area contributed by atoms with Gasteiger partial charge in [0.2, 0.25) is 0 Å². The maximum Gasteiger partial charge on any atom is 0.322 e. The third-order valence-corrected chi connectivity index (χ3v) is 1.53. The number of carboxylic acids is 1. The first-order chi connectivity index (χ1) is 6.61. The zero-order valence-electron chi connectivity index (χ0n) is 7.19. The van der Waals surface area contributed by atoms with Crippen molar-refractivity contribution in [2.45, 2.75) is 0 Å². The fraction of sp³-hybridized carbons (Fsp3) is 0.111. The molecular formula is C9H8NO4-. The number of para-hydroxylation sites is 1. The van der Waals surface area contributed by atoms with E-state index in [9.17, 15) is 14.7 Å². The third kappa shape index (κ3) is 2.48. The van der Waals surface area contributed by atoms with E-state index in [2.05, 4.69) is 5.32 Å². The molecule has 0 bridgehead atoms. The Balaban J connectivity index is 2.70. The van der Waals surface area contributed by atoms with E-state index in [1.807, 2.05) is 0 Å². The van der Waals surface area contributed by atoms with E-state index in [-0.39, 0.29) is 5.56 Å². The van der Waals surface area contributed by atoms with Gasteiger partial charge in [0.25, 0.3) is 5.91 Å². The molecule has 0 saturated heterocycles. The Morgan fingerprint density at radius 2 is 2.00 bits per heavy atom. The Labute approximate surface area is 80.0 Å². The predicted molar refractivity (Wildman–Crippen MR) is 45.9 cm³/mol. The number of carbonyl (C=O) groups excluding carboxylic acids is 1. The van der Waals surface area contributed by atoms with Crippen molar-refractivity contribution in [3.05, 3.63) is 29.8 Å². The lowest BCUT2D eigenvalue weighted by Gasteiger charge is -2.11. The van der Waals surface area contributed by atoms with Gasteiger partial charge in [0.15, 0.2) is 0 Å². The normalized spacial score (nSPS) is 9.43. The molecule has 0 unspecified atom stereocenters. The van der Waals surface area contributed by atoms with Crippen molar-refractivity contribution >= 4 is 11.9 Å². The lowest BCUT2D eigenvalue weighted by molar-refractivity contribution is -0.268. The van der Waals surface area contributed by atoms with Crippen molar-refractivity contribution in [1.29, 1.82) is 0 Å².